The van der Waals surface area contributed by atoms with Crippen molar-refractivity contribution in [3.63, 3.8) is 0 Å². The molecule has 2 heterocycles. The Labute approximate surface area is 95.1 Å². The monoisotopic (exact) mass is 248 g/mol. The molecule has 0 N–H and O–H groups in total. The normalized spacial score (nSPS) is 29.1. The number of halogens is 3. The molecule has 0 spiro atoms. The summed E-state index contributed by atoms with van der Waals surface area (Å²) in [6.07, 6.45) is 0.145. The van der Waals surface area contributed by atoms with Gasteiger partial charge in [-0.05, 0) is 25.2 Å². The van der Waals surface area contributed by atoms with Gasteiger partial charge >= 0.3 is 6.18 Å². The Morgan fingerprint density at radius 2 is 2.19 bits per heavy atom. The first-order chi connectivity index (χ1) is 7.54. The first kappa shape index (κ1) is 10.4. The Kier molecular flexibility index (Phi) is 2.18. The molecule has 0 radical (unpaired) electrons. The van der Waals surface area contributed by atoms with Crippen LogP contribution in [0.5, 0.6) is 0 Å². The van der Waals surface area contributed by atoms with Gasteiger partial charge in [-0.3, -0.25) is 0 Å². The molecule has 0 amide bonds. The number of alkyl halides is 3. The van der Waals surface area contributed by atoms with Gasteiger partial charge in [-0.2, -0.15) is 13.2 Å². The second kappa shape index (κ2) is 3.35. The fraction of sp³-hybridized carbons (Fsp3) is 0.700. The van der Waals surface area contributed by atoms with Gasteiger partial charge in [0.2, 0.25) is 0 Å². The van der Waals surface area contributed by atoms with Crippen molar-refractivity contribution < 1.29 is 13.2 Å². The summed E-state index contributed by atoms with van der Waals surface area (Å²) >= 11 is 0.767. The molecule has 2 bridgehead atoms. The molecule has 16 heavy (non-hydrogen) atoms. The molecule has 1 aromatic rings. The van der Waals surface area contributed by atoms with Gasteiger partial charge in [0.25, 0.3) is 0 Å². The van der Waals surface area contributed by atoms with Crippen LogP contribution >= 0.6 is 11.3 Å². The van der Waals surface area contributed by atoms with E-state index in [2.05, 4.69) is 4.98 Å². The van der Waals surface area contributed by atoms with Gasteiger partial charge in [0, 0.05) is 12.6 Å². The third-order valence-corrected chi connectivity index (χ3v) is 4.51. The zero-order valence-electron chi connectivity index (χ0n) is 8.50. The van der Waals surface area contributed by atoms with Gasteiger partial charge in [-0.25, -0.2) is 4.98 Å². The molecule has 1 aliphatic carbocycles. The molecule has 2 unspecified atom stereocenters. The fourth-order valence-electron chi connectivity index (χ4n) is 2.69. The average Bonchev–Trinajstić information content (AvgIpc) is 2.92. The summed E-state index contributed by atoms with van der Waals surface area (Å²) < 4.78 is 37.3. The lowest BCUT2D eigenvalue weighted by atomic mass is 10.1. The van der Waals surface area contributed by atoms with E-state index in [-0.39, 0.29) is 0 Å². The summed E-state index contributed by atoms with van der Waals surface area (Å²) in [5.74, 6) is 0.670. The average molecular weight is 248 g/mol. The second-order valence-electron chi connectivity index (χ2n) is 4.49. The summed E-state index contributed by atoms with van der Waals surface area (Å²) in [5.41, 5.74) is 0. The summed E-state index contributed by atoms with van der Waals surface area (Å²) in [5, 5.41) is 0.541. The van der Waals surface area contributed by atoms with Crippen LogP contribution < -0.4 is 4.90 Å². The van der Waals surface area contributed by atoms with Crippen molar-refractivity contribution in [2.24, 2.45) is 5.92 Å². The highest BCUT2D eigenvalue weighted by Crippen LogP contribution is 2.43. The summed E-state index contributed by atoms with van der Waals surface area (Å²) in [6.45, 7) is 0.884. The van der Waals surface area contributed by atoms with Crippen molar-refractivity contribution in [2.45, 2.75) is 31.5 Å². The highest BCUT2D eigenvalue weighted by molar-refractivity contribution is 7.15. The van der Waals surface area contributed by atoms with Crippen molar-refractivity contribution in [2.75, 3.05) is 11.4 Å². The van der Waals surface area contributed by atoms with Crippen LogP contribution in [0.15, 0.2) is 6.20 Å². The number of hydrogen-bond acceptors (Lipinski definition) is 3. The van der Waals surface area contributed by atoms with E-state index in [9.17, 15) is 13.2 Å². The van der Waals surface area contributed by atoms with Crippen molar-refractivity contribution in [3.8, 4) is 0 Å². The zero-order valence-corrected chi connectivity index (χ0v) is 9.31. The van der Waals surface area contributed by atoms with Gasteiger partial charge in [-0.1, -0.05) is 11.3 Å². The molecular weight excluding hydrogens is 237 g/mol. The quantitative estimate of drug-likeness (QED) is 0.759. The number of piperidine rings is 1. The summed E-state index contributed by atoms with van der Waals surface area (Å²) in [7, 11) is 0. The first-order valence-electron chi connectivity index (χ1n) is 5.33. The molecule has 2 nitrogen and oxygen atoms in total. The number of aromatic nitrogens is 1. The lowest BCUT2D eigenvalue weighted by Crippen LogP contribution is -2.31. The molecule has 3 rings (SSSR count). The second-order valence-corrected chi connectivity index (χ2v) is 5.50. The zero-order chi connectivity index (χ0) is 11.3. The topological polar surface area (TPSA) is 16.1 Å². The van der Waals surface area contributed by atoms with E-state index in [0.717, 1.165) is 36.9 Å². The van der Waals surface area contributed by atoms with E-state index in [1.807, 2.05) is 4.90 Å². The molecule has 2 atom stereocenters. The Morgan fingerprint density at radius 3 is 2.69 bits per heavy atom. The summed E-state index contributed by atoms with van der Waals surface area (Å²) in [6, 6.07) is 0.428. The minimum absolute atomic E-state index is 0.428. The van der Waals surface area contributed by atoms with Crippen LogP contribution in [0.4, 0.5) is 18.3 Å². The third kappa shape index (κ3) is 1.59. The third-order valence-electron chi connectivity index (χ3n) is 3.43. The van der Waals surface area contributed by atoms with Crippen LogP contribution in [-0.2, 0) is 6.18 Å². The highest BCUT2D eigenvalue weighted by atomic mass is 32.1. The van der Waals surface area contributed by atoms with E-state index in [1.165, 1.54) is 6.42 Å². The maximum absolute atomic E-state index is 12.4. The summed E-state index contributed by atoms with van der Waals surface area (Å²) in [4.78, 5) is 5.37. The lowest BCUT2D eigenvalue weighted by Gasteiger charge is -2.26. The highest BCUT2D eigenvalue weighted by Gasteiger charge is 2.40. The van der Waals surface area contributed by atoms with E-state index in [4.69, 9.17) is 0 Å². The largest absolute Gasteiger partial charge is 0.427 e. The SMILES string of the molecule is FC(F)(F)c1cnc(N2CC3CCC2C3)s1. The van der Waals surface area contributed by atoms with Gasteiger partial charge in [0.05, 0.1) is 6.20 Å². The van der Waals surface area contributed by atoms with Gasteiger partial charge in [-0.15, -0.1) is 0 Å². The van der Waals surface area contributed by atoms with Crippen molar-refractivity contribution in [1.29, 1.82) is 0 Å². The van der Waals surface area contributed by atoms with E-state index >= 15 is 0 Å². The molecule has 2 aliphatic rings. The number of anilines is 1. The van der Waals surface area contributed by atoms with Crippen LogP contribution in [0.3, 0.4) is 0 Å². The van der Waals surface area contributed by atoms with Crippen LogP contribution in [0.1, 0.15) is 24.1 Å². The van der Waals surface area contributed by atoms with Gasteiger partial charge in [0.1, 0.15) is 4.88 Å². The molecule has 2 fully saturated rings. The maximum atomic E-state index is 12.4. The predicted octanol–water partition coefficient (Wildman–Crippen LogP) is 3.15. The van der Waals surface area contributed by atoms with E-state index in [1.54, 1.807) is 0 Å². The van der Waals surface area contributed by atoms with Crippen molar-refractivity contribution in [3.05, 3.63) is 11.1 Å². The molecule has 1 aliphatic heterocycles. The van der Waals surface area contributed by atoms with Crippen LogP contribution in [0.25, 0.3) is 0 Å². The molecule has 1 saturated heterocycles. The smallest absolute Gasteiger partial charge is 0.345 e. The Balaban J connectivity index is 1.83. The van der Waals surface area contributed by atoms with Crippen LogP contribution in [0.2, 0.25) is 0 Å². The fourth-order valence-corrected chi connectivity index (χ4v) is 3.55. The number of rotatable bonds is 1. The first-order valence-corrected chi connectivity index (χ1v) is 6.15. The van der Waals surface area contributed by atoms with Crippen LogP contribution in [-0.4, -0.2) is 17.6 Å². The van der Waals surface area contributed by atoms with Crippen LogP contribution in [0, 0.1) is 5.92 Å². The standard InChI is InChI=1S/C10H11F3N2S/c11-10(12,13)8-4-14-9(16-8)15-5-6-1-2-7(15)3-6/h4,6-7H,1-3,5H2. The Morgan fingerprint density at radius 1 is 1.38 bits per heavy atom. The van der Waals surface area contributed by atoms with Gasteiger partial charge in [0.15, 0.2) is 5.13 Å². The number of nitrogens with zero attached hydrogens (tertiary/aromatic N) is 2. The minimum atomic E-state index is -4.26. The van der Waals surface area contributed by atoms with E-state index < -0.39 is 11.1 Å². The molecular formula is C10H11F3N2S. The Bertz CT molecular complexity index is 401. The molecule has 6 heteroatoms. The molecule has 1 saturated carbocycles. The van der Waals surface area contributed by atoms with Crippen molar-refractivity contribution >= 4 is 16.5 Å². The minimum Gasteiger partial charge on any atom is -0.345 e. The van der Waals surface area contributed by atoms with E-state index in [0.29, 0.717) is 17.1 Å². The number of fused-ring (bicyclic) bond motifs is 2. The number of hydrogen-bond donors (Lipinski definition) is 0. The molecule has 88 valence electrons. The number of thiazole rings is 1. The maximum Gasteiger partial charge on any atom is 0.427 e. The predicted molar refractivity (Wildman–Crippen MR) is 55.6 cm³/mol. The molecule has 0 aromatic carbocycles. The Hall–Kier alpha value is -0.780. The van der Waals surface area contributed by atoms with Gasteiger partial charge < -0.3 is 4.90 Å². The lowest BCUT2D eigenvalue weighted by molar-refractivity contribution is -0.134. The molecule has 1 aromatic heterocycles. The van der Waals surface area contributed by atoms with Crippen molar-refractivity contribution in [1.82, 2.24) is 4.98 Å².